The Labute approximate surface area is 117 Å². The molecule has 1 aromatic heterocycles. The van der Waals surface area contributed by atoms with E-state index in [1.54, 1.807) is 18.2 Å². The summed E-state index contributed by atoms with van der Waals surface area (Å²) in [6.07, 6.45) is 0. The molecule has 0 N–H and O–H groups in total. The minimum Gasteiger partial charge on any atom is -0.435 e. The molecule has 1 unspecified atom stereocenters. The van der Waals surface area contributed by atoms with Crippen LogP contribution in [-0.4, -0.2) is 6.61 Å². The highest BCUT2D eigenvalue weighted by atomic mass is 35.5. The van der Waals surface area contributed by atoms with E-state index < -0.39 is 12.0 Å². The van der Waals surface area contributed by atoms with Crippen molar-refractivity contribution in [1.82, 2.24) is 0 Å². The van der Waals surface area contributed by atoms with Gasteiger partial charge in [0.1, 0.15) is 5.75 Å². The normalized spacial score (nSPS) is 12.7. The molecule has 1 heterocycles. The summed E-state index contributed by atoms with van der Waals surface area (Å²) in [5, 5.41) is 2.06. The van der Waals surface area contributed by atoms with Crippen LogP contribution < -0.4 is 4.74 Å². The third-order valence-electron chi connectivity index (χ3n) is 2.27. The van der Waals surface area contributed by atoms with E-state index in [9.17, 15) is 8.78 Å². The summed E-state index contributed by atoms with van der Waals surface area (Å²) in [6.45, 7) is -2.82. The Morgan fingerprint density at radius 3 is 2.28 bits per heavy atom. The average Bonchev–Trinajstić information content (AvgIpc) is 2.75. The molecule has 0 saturated carbocycles. The average molecular weight is 309 g/mol. The van der Waals surface area contributed by atoms with Crippen molar-refractivity contribution in [2.45, 2.75) is 12.0 Å². The van der Waals surface area contributed by atoms with Gasteiger partial charge in [0.15, 0.2) is 0 Å². The van der Waals surface area contributed by atoms with Gasteiger partial charge in [-0.15, -0.1) is 22.9 Å². The number of hydrogen-bond donors (Lipinski definition) is 0. The lowest BCUT2D eigenvalue weighted by Crippen LogP contribution is -2.01. The van der Waals surface area contributed by atoms with Crippen LogP contribution in [-0.2, 0) is 0 Å². The minimum absolute atomic E-state index is 0.106. The van der Waals surface area contributed by atoms with Crippen molar-refractivity contribution in [3.8, 4) is 5.75 Å². The molecule has 0 fully saturated rings. The van der Waals surface area contributed by atoms with E-state index in [1.165, 1.54) is 23.5 Å². The predicted octanol–water partition coefficient (Wildman–Crippen LogP) is 5.33. The first kappa shape index (κ1) is 13.6. The van der Waals surface area contributed by atoms with Crippen molar-refractivity contribution in [2.24, 2.45) is 0 Å². The van der Waals surface area contributed by atoms with Crippen LogP contribution in [0.1, 0.15) is 15.8 Å². The number of ether oxygens (including phenoxy) is 1. The second-order valence-electron chi connectivity index (χ2n) is 3.44. The van der Waals surface area contributed by atoms with Crippen LogP contribution in [0.25, 0.3) is 0 Å². The van der Waals surface area contributed by atoms with Gasteiger partial charge in [0.05, 0.1) is 10.4 Å². The molecule has 0 aliphatic rings. The fourth-order valence-corrected chi connectivity index (χ4v) is 3.10. The van der Waals surface area contributed by atoms with E-state index in [1.807, 2.05) is 5.38 Å². The van der Waals surface area contributed by atoms with Gasteiger partial charge >= 0.3 is 6.61 Å². The summed E-state index contributed by atoms with van der Waals surface area (Å²) in [5.74, 6) is 0.106. The van der Waals surface area contributed by atoms with E-state index in [0.717, 1.165) is 10.4 Å². The number of rotatable bonds is 4. The van der Waals surface area contributed by atoms with Gasteiger partial charge in [-0.1, -0.05) is 23.7 Å². The van der Waals surface area contributed by atoms with Gasteiger partial charge in [0.25, 0.3) is 0 Å². The molecule has 0 aliphatic carbocycles. The van der Waals surface area contributed by atoms with Crippen LogP contribution in [0.15, 0.2) is 35.7 Å². The van der Waals surface area contributed by atoms with Crippen molar-refractivity contribution in [1.29, 1.82) is 0 Å². The van der Waals surface area contributed by atoms with Crippen molar-refractivity contribution in [3.63, 3.8) is 0 Å². The smallest absolute Gasteiger partial charge is 0.387 e. The molecule has 0 saturated heterocycles. The molecule has 1 atom stereocenters. The number of benzene rings is 1. The number of hydrogen-bond acceptors (Lipinski definition) is 2. The highest BCUT2D eigenvalue weighted by molar-refractivity contribution is 7.11. The molecule has 1 nitrogen and oxygen atoms in total. The summed E-state index contributed by atoms with van der Waals surface area (Å²) < 4.78 is 28.2. The summed E-state index contributed by atoms with van der Waals surface area (Å²) in [6, 6.07) is 7.97. The maximum absolute atomic E-state index is 12.0. The summed E-state index contributed by atoms with van der Waals surface area (Å²) in [5.41, 5.74) is 0.780. The Morgan fingerprint density at radius 1 is 1.11 bits per heavy atom. The SMILES string of the molecule is FC(F)Oc1ccc(C(Cl)c2sccc2Cl)cc1. The third kappa shape index (κ3) is 3.13. The highest BCUT2D eigenvalue weighted by Crippen LogP contribution is 2.37. The molecule has 0 amide bonds. The molecular formula is C12H8Cl2F2OS. The van der Waals surface area contributed by atoms with Crippen LogP contribution in [0.4, 0.5) is 8.78 Å². The van der Waals surface area contributed by atoms with E-state index in [4.69, 9.17) is 23.2 Å². The first-order chi connectivity index (χ1) is 8.58. The van der Waals surface area contributed by atoms with Gasteiger partial charge in [-0.05, 0) is 29.1 Å². The molecule has 96 valence electrons. The van der Waals surface area contributed by atoms with Gasteiger partial charge in [0, 0.05) is 4.88 Å². The third-order valence-corrected chi connectivity index (χ3v) is 4.30. The first-order valence-electron chi connectivity index (χ1n) is 4.99. The molecule has 1 aromatic carbocycles. The standard InChI is InChI=1S/C12H8Cl2F2OS/c13-9-5-6-18-11(9)10(14)7-1-3-8(4-2-7)17-12(15)16/h1-6,10,12H. The molecule has 2 rings (SSSR count). The van der Waals surface area contributed by atoms with Crippen molar-refractivity contribution in [2.75, 3.05) is 0 Å². The van der Waals surface area contributed by atoms with Crippen molar-refractivity contribution in [3.05, 3.63) is 51.2 Å². The molecule has 2 aromatic rings. The molecular weight excluding hydrogens is 301 g/mol. The fraction of sp³-hybridized carbons (Fsp3) is 0.167. The van der Waals surface area contributed by atoms with Crippen LogP contribution in [0.2, 0.25) is 5.02 Å². The number of thiophene rings is 1. The second kappa shape index (κ2) is 5.87. The maximum Gasteiger partial charge on any atom is 0.387 e. The molecule has 0 radical (unpaired) electrons. The lowest BCUT2D eigenvalue weighted by molar-refractivity contribution is -0.0498. The predicted molar refractivity (Wildman–Crippen MR) is 70.1 cm³/mol. The first-order valence-corrected chi connectivity index (χ1v) is 6.69. The lowest BCUT2D eigenvalue weighted by atomic mass is 10.1. The van der Waals surface area contributed by atoms with Gasteiger partial charge in [-0.3, -0.25) is 0 Å². The minimum atomic E-state index is -2.82. The van der Waals surface area contributed by atoms with Crippen LogP contribution in [0, 0.1) is 0 Å². The highest BCUT2D eigenvalue weighted by Gasteiger charge is 2.15. The summed E-state index contributed by atoms with van der Waals surface area (Å²) in [4.78, 5) is 0.834. The monoisotopic (exact) mass is 308 g/mol. The Bertz CT molecular complexity index is 513. The lowest BCUT2D eigenvalue weighted by Gasteiger charge is -2.10. The maximum atomic E-state index is 12.0. The summed E-state index contributed by atoms with van der Waals surface area (Å²) in [7, 11) is 0. The van der Waals surface area contributed by atoms with Crippen molar-refractivity contribution < 1.29 is 13.5 Å². The Hall–Kier alpha value is -0.840. The second-order valence-corrected chi connectivity index (χ2v) is 5.23. The molecule has 6 heteroatoms. The van der Waals surface area contributed by atoms with E-state index in [0.29, 0.717) is 5.02 Å². The number of alkyl halides is 3. The summed E-state index contributed by atoms with van der Waals surface area (Å²) >= 11 is 13.7. The van der Waals surface area contributed by atoms with E-state index in [-0.39, 0.29) is 5.75 Å². The quantitative estimate of drug-likeness (QED) is 0.694. The zero-order valence-corrected chi connectivity index (χ0v) is 11.3. The fourth-order valence-electron chi connectivity index (χ4n) is 1.46. The zero-order valence-electron chi connectivity index (χ0n) is 8.95. The molecule has 0 bridgehead atoms. The van der Waals surface area contributed by atoms with Crippen LogP contribution in [0.3, 0.4) is 0 Å². The largest absolute Gasteiger partial charge is 0.435 e. The van der Waals surface area contributed by atoms with Gasteiger partial charge in [-0.2, -0.15) is 8.78 Å². The Balaban J connectivity index is 2.17. The van der Waals surface area contributed by atoms with Crippen LogP contribution >= 0.6 is 34.5 Å². The Morgan fingerprint density at radius 2 is 1.78 bits per heavy atom. The molecule has 0 aliphatic heterocycles. The molecule has 0 spiro atoms. The zero-order chi connectivity index (χ0) is 13.1. The Kier molecular flexibility index (Phi) is 4.43. The van der Waals surface area contributed by atoms with E-state index in [2.05, 4.69) is 4.74 Å². The molecule has 18 heavy (non-hydrogen) atoms. The topological polar surface area (TPSA) is 9.23 Å². The van der Waals surface area contributed by atoms with Crippen molar-refractivity contribution >= 4 is 34.5 Å². The van der Waals surface area contributed by atoms with Crippen LogP contribution in [0.5, 0.6) is 5.75 Å². The number of halogens is 4. The van der Waals surface area contributed by atoms with Gasteiger partial charge < -0.3 is 4.74 Å². The van der Waals surface area contributed by atoms with Gasteiger partial charge in [0.2, 0.25) is 0 Å². The van der Waals surface area contributed by atoms with E-state index >= 15 is 0 Å². The van der Waals surface area contributed by atoms with Gasteiger partial charge in [-0.25, -0.2) is 0 Å².